The lowest BCUT2D eigenvalue weighted by Crippen LogP contribution is -2.56. The van der Waals surface area contributed by atoms with E-state index in [2.05, 4.69) is 21.2 Å². The molecule has 2 atom stereocenters. The zero-order chi connectivity index (χ0) is 19.9. The van der Waals surface area contributed by atoms with Gasteiger partial charge in [-0.25, -0.2) is 0 Å². The molecule has 0 aliphatic heterocycles. The highest BCUT2D eigenvalue weighted by atomic mass is 79.9. The number of esters is 1. The summed E-state index contributed by atoms with van der Waals surface area (Å²) in [7, 11) is 3.09. The van der Waals surface area contributed by atoms with Crippen molar-refractivity contribution < 1.29 is 23.8 Å². The first kappa shape index (κ1) is 19.6. The number of hydrogen-bond acceptors (Lipinski definition) is 5. The van der Waals surface area contributed by atoms with E-state index in [1.54, 1.807) is 25.3 Å². The number of benzene rings is 1. The van der Waals surface area contributed by atoms with Crippen molar-refractivity contribution in [1.29, 1.82) is 0 Å². The van der Waals surface area contributed by atoms with Gasteiger partial charge in [0, 0.05) is 16.1 Å². The standard InChI is InChI=1S/C21H26BrNO5/c1-26-16-4-3-15(6-17(16)27-2)23-18(24)11-28-19(25)20-7-13-5-14(8-20)10-21(22,9-13)12-20/h3-4,6,13-14H,5,7-12H2,1-2H3,(H,23,24). The van der Waals surface area contributed by atoms with Gasteiger partial charge in [0.25, 0.3) is 5.91 Å². The first-order valence-corrected chi connectivity index (χ1v) is 10.5. The van der Waals surface area contributed by atoms with E-state index in [1.165, 1.54) is 13.5 Å². The van der Waals surface area contributed by atoms with Crippen LogP contribution in [0.15, 0.2) is 18.2 Å². The molecule has 2 unspecified atom stereocenters. The third-order valence-corrected chi connectivity index (χ3v) is 7.35. The maximum atomic E-state index is 12.9. The number of rotatable bonds is 6. The summed E-state index contributed by atoms with van der Waals surface area (Å²) in [6.45, 7) is -0.278. The molecule has 0 saturated heterocycles. The minimum absolute atomic E-state index is 0.0814. The molecule has 28 heavy (non-hydrogen) atoms. The zero-order valence-corrected chi connectivity index (χ0v) is 17.8. The largest absolute Gasteiger partial charge is 0.493 e. The Kier molecular flexibility index (Phi) is 5.06. The summed E-state index contributed by atoms with van der Waals surface area (Å²) in [5.41, 5.74) is 0.143. The molecule has 0 aromatic heterocycles. The smallest absolute Gasteiger partial charge is 0.312 e. The van der Waals surface area contributed by atoms with Crippen molar-refractivity contribution in [3.63, 3.8) is 0 Å². The van der Waals surface area contributed by atoms with E-state index >= 15 is 0 Å². The van der Waals surface area contributed by atoms with E-state index in [4.69, 9.17) is 14.2 Å². The Balaban J connectivity index is 1.36. The fraction of sp³-hybridized carbons (Fsp3) is 0.619. The molecule has 7 heteroatoms. The Morgan fingerprint density at radius 3 is 2.39 bits per heavy atom. The van der Waals surface area contributed by atoms with Crippen LogP contribution in [-0.2, 0) is 14.3 Å². The summed E-state index contributed by atoms with van der Waals surface area (Å²) >= 11 is 3.90. The van der Waals surface area contributed by atoms with Crippen LogP contribution in [0.2, 0.25) is 0 Å². The highest BCUT2D eigenvalue weighted by Gasteiger charge is 2.60. The van der Waals surface area contributed by atoms with Gasteiger partial charge in [-0.1, -0.05) is 15.9 Å². The number of alkyl halides is 1. The Labute approximate surface area is 173 Å². The van der Waals surface area contributed by atoms with Crippen molar-refractivity contribution in [1.82, 2.24) is 0 Å². The van der Waals surface area contributed by atoms with Crippen molar-refractivity contribution in [2.75, 3.05) is 26.1 Å². The van der Waals surface area contributed by atoms with E-state index in [0.29, 0.717) is 29.0 Å². The first-order chi connectivity index (χ1) is 13.3. The second-order valence-corrected chi connectivity index (χ2v) is 10.3. The van der Waals surface area contributed by atoms with Crippen LogP contribution in [-0.4, -0.2) is 37.0 Å². The molecule has 6 nitrogen and oxygen atoms in total. The SMILES string of the molecule is COc1ccc(NC(=O)COC(=O)C23CC4CC(CC(Br)(C4)C2)C3)cc1OC. The van der Waals surface area contributed by atoms with Crippen LogP contribution < -0.4 is 14.8 Å². The van der Waals surface area contributed by atoms with Gasteiger partial charge in [-0.15, -0.1) is 0 Å². The molecule has 0 radical (unpaired) electrons. The fourth-order valence-corrected chi connectivity index (χ4v) is 7.24. The molecule has 1 amide bonds. The lowest BCUT2D eigenvalue weighted by Gasteiger charge is -2.58. The Hall–Kier alpha value is -1.76. The number of anilines is 1. The highest BCUT2D eigenvalue weighted by molar-refractivity contribution is 9.10. The van der Waals surface area contributed by atoms with Crippen molar-refractivity contribution in [3.05, 3.63) is 18.2 Å². The summed E-state index contributed by atoms with van der Waals surface area (Å²) in [6, 6.07) is 5.10. The van der Waals surface area contributed by atoms with E-state index in [9.17, 15) is 9.59 Å². The number of carbonyl (C=O) groups is 2. The minimum atomic E-state index is -0.419. The van der Waals surface area contributed by atoms with Gasteiger partial charge in [0.15, 0.2) is 18.1 Å². The summed E-state index contributed by atoms with van der Waals surface area (Å²) < 4.78 is 16.0. The van der Waals surface area contributed by atoms with Crippen LogP contribution in [0.4, 0.5) is 5.69 Å². The van der Waals surface area contributed by atoms with Gasteiger partial charge in [-0.05, 0) is 62.5 Å². The number of amides is 1. The van der Waals surface area contributed by atoms with Crippen LogP contribution in [0.25, 0.3) is 0 Å². The second kappa shape index (κ2) is 7.25. The minimum Gasteiger partial charge on any atom is -0.493 e. The Morgan fingerprint density at radius 1 is 1.11 bits per heavy atom. The molecule has 0 heterocycles. The zero-order valence-electron chi connectivity index (χ0n) is 16.3. The van der Waals surface area contributed by atoms with Crippen molar-refractivity contribution >= 4 is 33.5 Å². The molecule has 4 bridgehead atoms. The van der Waals surface area contributed by atoms with Crippen molar-refractivity contribution in [2.45, 2.75) is 42.8 Å². The van der Waals surface area contributed by atoms with Gasteiger partial charge < -0.3 is 19.5 Å². The van der Waals surface area contributed by atoms with Crippen LogP contribution in [0, 0.1) is 17.3 Å². The number of nitrogens with one attached hydrogen (secondary N) is 1. The Bertz CT molecular complexity index is 781. The van der Waals surface area contributed by atoms with E-state index in [0.717, 1.165) is 32.1 Å². The van der Waals surface area contributed by atoms with E-state index in [1.807, 2.05) is 0 Å². The van der Waals surface area contributed by atoms with E-state index in [-0.39, 0.29) is 22.8 Å². The molecular formula is C21H26BrNO5. The third-order valence-electron chi connectivity index (χ3n) is 6.42. The highest BCUT2D eigenvalue weighted by Crippen LogP contribution is 2.64. The average molecular weight is 452 g/mol. The molecule has 1 aromatic carbocycles. The van der Waals surface area contributed by atoms with Crippen LogP contribution >= 0.6 is 15.9 Å². The lowest BCUT2D eigenvalue weighted by molar-refractivity contribution is -0.170. The van der Waals surface area contributed by atoms with Gasteiger partial charge in [0.05, 0.1) is 19.6 Å². The van der Waals surface area contributed by atoms with Crippen molar-refractivity contribution in [2.24, 2.45) is 17.3 Å². The molecule has 0 spiro atoms. The summed E-state index contributed by atoms with van der Waals surface area (Å²) in [4.78, 5) is 25.2. The topological polar surface area (TPSA) is 73.9 Å². The Morgan fingerprint density at radius 2 is 1.79 bits per heavy atom. The predicted octanol–water partition coefficient (Wildman–Crippen LogP) is 3.92. The molecular weight excluding hydrogens is 426 g/mol. The van der Waals surface area contributed by atoms with Crippen LogP contribution in [0.1, 0.15) is 38.5 Å². The lowest BCUT2D eigenvalue weighted by atomic mass is 9.49. The number of methoxy groups -OCH3 is 2. The molecule has 1 N–H and O–H groups in total. The number of carbonyl (C=O) groups excluding carboxylic acids is 2. The maximum absolute atomic E-state index is 12.9. The van der Waals surface area contributed by atoms with Crippen LogP contribution in [0.5, 0.6) is 11.5 Å². The normalized spacial score (nSPS) is 32.7. The summed E-state index contributed by atoms with van der Waals surface area (Å²) in [5, 5.41) is 2.74. The number of ether oxygens (including phenoxy) is 3. The van der Waals surface area contributed by atoms with Gasteiger partial charge in [-0.3, -0.25) is 9.59 Å². The fourth-order valence-electron chi connectivity index (χ4n) is 5.78. The van der Waals surface area contributed by atoms with Crippen LogP contribution in [0.3, 0.4) is 0 Å². The van der Waals surface area contributed by atoms with Gasteiger partial charge >= 0.3 is 5.97 Å². The van der Waals surface area contributed by atoms with Gasteiger partial charge in [0.1, 0.15) is 0 Å². The molecule has 4 fully saturated rings. The van der Waals surface area contributed by atoms with Gasteiger partial charge in [-0.2, -0.15) is 0 Å². The molecule has 4 aliphatic rings. The van der Waals surface area contributed by atoms with E-state index < -0.39 is 5.41 Å². The molecule has 5 rings (SSSR count). The predicted molar refractivity (Wildman–Crippen MR) is 108 cm³/mol. The summed E-state index contributed by atoms with van der Waals surface area (Å²) in [6.07, 6.45) is 6.14. The number of halogens is 1. The quantitative estimate of drug-likeness (QED) is 0.523. The monoisotopic (exact) mass is 451 g/mol. The number of hydrogen-bond donors (Lipinski definition) is 1. The second-order valence-electron chi connectivity index (χ2n) is 8.59. The third kappa shape index (κ3) is 3.61. The molecule has 1 aromatic rings. The summed E-state index contributed by atoms with van der Waals surface area (Å²) in [5.74, 6) is 1.71. The maximum Gasteiger partial charge on any atom is 0.312 e. The average Bonchev–Trinajstić information content (AvgIpc) is 2.64. The first-order valence-electron chi connectivity index (χ1n) is 9.73. The molecule has 4 saturated carbocycles. The van der Waals surface area contributed by atoms with Gasteiger partial charge in [0.2, 0.25) is 0 Å². The molecule has 152 valence electrons. The molecule has 4 aliphatic carbocycles. The van der Waals surface area contributed by atoms with Crippen molar-refractivity contribution in [3.8, 4) is 11.5 Å².